The van der Waals surface area contributed by atoms with Crippen molar-refractivity contribution in [2.45, 2.75) is 33.6 Å². The fraction of sp³-hybridized carbons (Fsp3) is 0.324. The maximum Gasteiger partial charge on any atom is 0.324 e. The number of ether oxygens (including phenoxy) is 2. The number of aromatic nitrogens is 3. The van der Waals surface area contributed by atoms with Crippen LogP contribution in [0.25, 0.3) is 10.9 Å². The zero-order valence-corrected chi connectivity index (χ0v) is 26.1. The van der Waals surface area contributed by atoms with E-state index in [1.54, 1.807) is 17.2 Å². The van der Waals surface area contributed by atoms with Gasteiger partial charge in [-0.05, 0) is 73.8 Å². The van der Waals surface area contributed by atoms with Gasteiger partial charge in [-0.2, -0.15) is 9.97 Å². The lowest BCUT2D eigenvalue weighted by atomic mass is 10.0. The highest BCUT2D eigenvalue weighted by Crippen LogP contribution is 2.37. The van der Waals surface area contributed by atoms with Crippen molar-refractivity contribution in [3.63, 3.8) is 0 Å². The topological polar surface area (TPSA) is 143 Å². The van der Waals surface area contributed by atoms with Gasteiger partial charge in [0.1, 0.15) is 22.8 Å². The van der Waals surface area contributed by atoms with E-state index in [-0.39, 0.29) is 17.8 Å². The lowest BCUT2D eigenvalue weighted by Crippen LogP contribution is -2.48. The second-order valence-electron chi connectivity index (χ2n) is 10.8. The molecule has 234 valence electrons. The van der Waals surface area contributed by atoms with Crippen LogP contribution in [0.4, 0.5) is 11.5 Å². The molecule has 3 heterocycles. The maximum atomic E-state index is 12.3. The first-order valence-electron chi connectivity index (χ1n) is 15.3. The van der Waals surface area contributed by atoms with E-state index in [9.17, 15) is 4.79 Å². The fourth-order valence-corrected chi connectivity index (χ4v) is 5.54. The third-order valence-electron chi connectivity index (χ3n) is 7.99. The van der Waals surface area contributed by atoms with Crippen molar-refractivity contribution >= 4 is 34.5 Å². The molecule has 5 rings (SSSR count). The highest BCUT2D eigenvalue weighted by molar-refractivity contribution is 5.94. The lowest BCUT2D eigenvalue weighted by Gasteiger charge is -2.35. The number of nitrogens with zero attached hydrogens (tertiary/aromatic N) is 5. The molecule has 0 atom stereocenters. The Morgan fingerprint density at radius 2 is 1.91 bits per heavy atom. The van der Waals surface area contributed by atoms with Crippen molar-refractivity contribution in [2.75, 3.05) is 49.9 Å². The van der Waals surface area contributed by atoms with Gasteiger partial charge in [0.15, 0.2) is 0 Å². The van der Waals surface area contributed by atoms with E-state index >= 15 is 0 Å². The zero-order valence-electron chi connectivity index (χ0n) is 26.1. The molecule has 11 nitrogen and oxygen atoms in total. The number of hydrogen-bond acceptors (Lipinski definition) is 10. The summed E-state index contributed by atoms with van der Waals surface area (Å²) in [6, 6.07) is 11.7. The quantitative estimate of drug-likeness (QED) is 0.0872. The molecule has 0 aliphatic carbocycles. The fourth-order valence-electron chi connectivity index (χ4n) is 5.54. The summed E-state index contributed by atoms with van der Waals surface area (Å²) in [5.41, 5.74) is 10.6. The van der Waals surface area contributed by atoms with Crippen LogP contribution in [0.15, 0.2) is 55.3 Å². The predicted octanol–water partition coefficient (Wildman–Crippen LogP) is 5.05. The average molecular weight is 609 g/mol. The molecule has 4 aromatic rings. The molecule has 0 bridgehead atoms. The summed E-state index contributed by atoms with van der Waals surface area (Å²) in [7, 11) is 0. The van der Waals surface area contributed by atoms with Crippen LogP contribution in [0.2, 0.25) is 0 Å². The van der Waals surface area contributed by atoms with Crippen LogP contribution in [0.1, 0.15) is 36.1 Å². The van der Waals surface area contributed by atoms with Crippen LogP contribution >= 0.6 is 0 Å². The van der Waals surface area contributed by atoms with Gasteiger partial charge in [-0.1, -0.05) is 38.6 Å². The van der Waals surface area contributed by atoms with Gasteiger partial charge in [0, 0.05) is 44.3 Å². The number of rotatable bonds is 12. The van der Waals surface area contributed by atoms with Crippen molar-refractivity contribution in [1.82, 2.24) is 25.2 Å². The second-order valence-corrected chi connectivity index (χ2v) is 10.8. The van der Waals surface area contributed by atoms with Gasteiger partial charge < -0.3 is 35.7 Å². The van der Waals surface area contributed by atoms with E-state index in [2.05, 4.69) is 41.7 Å². The number of anilines is 2. The van der Waals surface area contributed by atoms with Gasteiger partial charge in [0.2, 0.25) is 11.8 Å². The molecule has 1 amide bonds. The van der Waals surface area contributed by atoms with Crippen molar-refractivity contribution in [3.8, 4) is 23.4 Å². The Labute approximate surface area is 263 Å². The first kappa shape index (κ1) is 31.4. The summed E-state index contributed by atoms with van der Waals surface area (Å²) < 4.78 is 12.9. The van der Waals surface area contributed by atoms with Gasteiger partial charge in [-0.15, -0.1) is 0 Å². The number of amides is 1. The Hall–Kier alpha value is -5.03. The van der Waals surface area contributed by atoms with Crippen molar-refractivity contribution in [2.24, 2.45) is 0 Å². The molecule has 0 radical (unpaired) electrons. The van der Waals surface area contributed by atoms with Crippen LogP contribution < -0.4 is 25.4 Å². The Bertz CT molecular complexity index is 1720. The minimum absolute atomic E-state index is 0.0912. The number of piperazine rings is 1. The predicted molar refractivity (Wildman–Crippen MR) is 178 cm³/mol. The smallest absolute Gasteiger partial charge is 0.324 e. The SMILES string of the molecule is C=CC(=O)N1CCN(c2nc(Oc3cccc(CC)c3CCNCC)nc3c(Oc4c(C)ccc(N)c4C=N)nccc23)CC1. The van der Waals surface area contributed by atoms with Crippen molar-refractivity contribution in [3.05, 3.63) is 77.5 Å². The normalized spacial score (nSPS) is 13.1. The Kier molecular flexibility index (Phi) is 9.89. The number of pyridine rings is 1. The number of nitrogens with one attached hydrogen (secondary N) is 2. The van der Waals surface area contributed by atoms with Gasteiger partial charge in [-0.3, -0.25) is 4.79 Å². The number of nitrogen functional groups attached to an aromatic ring is 1. The van der Waals surface area contributed by atoms with E-state index in [1.807, 2.05) is 31.2 Å². The molecular weight excluding hydrogens is 568 g/mol. The third kappa shape index (κ3) is 6.73. The minimum Gasteiger partial charge on any atom is -0.436 e. The third-order valence-corrected chi connectivity index (χ3v) is 7.99. The summed E-state index contributed by atoms with van der Waals surface area (Å²) in [6.45, 7) is 13.6. The first-order chi connectivity index (χ1) is 21.9. The maximum absolute atomic E-state index is 12.3. The number of carbonyl (C=O) groups is 1. The molecule has 45 heavy (non-hydrogen) atoms. The van der Waals surface area contributed by atoms with Crippen LogP contribution in [0, 0.1) is 12.3 Å². The highest BCUT2D eigenvalue weighted by atomic mass is 16.5. The Morgan fingerprint density at radius 3 is 2.62 bits per heavy atom. The molecule has 1 aliphatic heterocycles. The molecule has 0 spiro atoms. The number of nitrogens with two attached hydrogens (primary N) is 1. The Balaban J connectivity index is 1.62. The molecule has 2 aromatic heterocycles. The average Bonchev–Trinajstić information content (AvgIpc) is 3.06. The minimum atomic E-state index is -0.0912. The molecule has 11 heteroatoms. The molecule has 1 saturated heterocycles. The molecule has 0 unspecified atom stereocenters. The summed E-state index contributed by atoms with van der Waals surface area (Å²) in [6.07, 6.45) is 5.84. The number of aryl methyl sites for hydroxylation is 2. The molecule has 4 N–H and O–H groups in total. The molecule has 2 aromatic carbocycles. The summed E-state index contributed by atoms with van der Waals surface area (Å²) in [5.74, 6) is 1.94. The molecule has 1 fully saturated rings. The van der Waals surface area contributed by atoms with E-state index in [0.717, 1.165) is 42.4 Å². The van der Waals surface area contributed by atoms with Gasteiger partial charge >= 0.3 is 6.01 Å². The van der Waals surface area contributed by atoms with E-state index in [1.165, 1.54) is 17.9 Å². The number of benzene rings is 2. The van der Waals surface area contributed by atoms with Gasteiger partial charge in [-0.25, -0.2) is 4.98 Å². The molecular formula is C34H40N8O3. The lowest BCUT2D eigenvalue weighted by molar-refractivity contribution is -0.126. The number of hydrogen-bond donors (Lipinski definition) is 3. The molecule has 1 aliphatic rings. The zero-order chi connectivity index (χ0) is 31.9. The Morgan fingerprint density at radius 1 is 1.11 bits per heavy atom. The number of likely N-dealkylation sites (N-methyl/N-ethyl adjacent to an activating group) is 1. The summed E-state index contributed by atoms with van der Waals surface area (Å²) in [5, 5.41) is 12.1. The van der Waals surface area contributed by atoms with Gasteiger partial charge in [0.25, 0.3) is 0 Å². The van der Waals surface area contributed by atoms with E-state index < -0.39 is 0 Å². The standard InChI is InChI=1S/C34H40N8O3/c1-5-23-9-8-10-28(24(23)13-15-37-7-3)44-34-39-30-25(32(40-34)42-19-17-41(18-20-42)29(43)6-2)14-16-38-33(30)45-31-22(4)11-12-27(36)26(31)21-35/h6,8-12,14,16,21,35,37H,2,5,7,13,15,17-20,36H2,1,3-4H3. The molecule has 0 saturated carbocycles. The summed E-state index contributed by atoms with van der Waals surface area (Å²) in [4.78, 5) is 30.5. The second kappa shape index (κ2) is 14.2. The first-order valence-corrected chi connectivity index (χ1v) is 15.3. The van der Waals surface area contributed by atoms with Gasteiger partial charge in [0.05, 0.1) is 10.9 Å². The highest BCUT2D eigenvalue weighted by Gasteiger charge is 2.25. The number of carbonyl (C=O) groups excluding carboxylic acids is 1. The number of fused-ring (bicyclic) bond motifs is 1. The van der Waals surface area contributed by atoms with Crippen molar-refractivity contribution < 1.29 is 14.3 Å². The van der Waals surface area contributed by atoms with Crippen LogP contribution in [-0.2, 0) is 17.6 Å². The largest absolute Gasteiger partial charge is 0.436 e. The van der Waals surface area contributed by atoms with E-state index in [0.29, 0.717) is 60.3 Å². The van der Waals surface area contributed by atoms with E-state index in [4.69, 9.17) is 30.6 Å². The van der Waals surface area contributed by atoms with Crippen LogP contribution in [0.5, 0.6) is 23.4 Å². The van der Waals surface area contributed by atoms with Crippen LogP contribution in [0.3, 0.4) is 0 Å². The van der Waals surface area contributed by atoms with Crippen LogP contribution in [-0.4, -0.2) is 71.2 Å². The van der Waals surface area contributed by atoms with Crippen molar-refractivity contribution in [1.29, 1.82) is 5.41 Å². The monoisotopic (exact) mass is 608 g/mol. The summed E-state index contributed by atoms with van der Waals surface area (Å²) >= 11 is 0.